The second kappa shape index (κ2) is 6.00. The van der Waals surface area contributed by atoms with Crippen LogP contribution in [0.25, 0.3) is 0 Å². The summed E-state index contributed by atoms with van der Waals surface area (Å²) in [7, 11) is 1.93. The topological polar surface area (TPSA) is 45.0 Å². The number of hydrogen-bond acceptors (Lipinski definition) is 1. The van der Waals surface area contributed by atoms with Crippen LogP contribution in [0, 0.1) is 0 Å². The molecule has 98 valence electrons. The largest absolute Gasteiger partial charge is 0.323 e. The quantitative estimate of drug-likeness (QED) is 0.815. The second-order valence-electron chi connectivity index (χ2n) is 4.38. The fourth-order valence-corrected chi connectivity index (χ4v) is 1.70. The Morgan fingerprint density at radius 2 is 1.53 bits per heavy atom. The third kappa shape index (κ3) is 3.81. The Balaban J connectivity index is 1.95. The van der Waals surface area contributed by atoms with E-state index in [1.54, 1.807) is 0 Å². The van der Waals surface area contributed by atoms with Gasteiger partial charge in [0.15, 0.2) is 12.4 Å². The van der Waals surface area contributed by atoms with E-state index in [1.807, 2.05) is 60.4 Å². The summed E-state index contributed by atoms with van der Waals surface area (Å²) in [4.78, 5) is 11.8. The Hall–Kier alpha value is -2.36. The molecule has 0 aliphatic heterocycles. The number of rotatable bonds is 3. The van der Waals surface area contributed by atoms with Crippen molar-refractivity contribution in [2.45, 2.75) is 13.3 Å². The van der Waals surface area contributed by atoms with Gasteiger partial charge >= 0.3 is 6.03 Å². The van der Waals surface area contributed by atoms with Crippen molar-refractivity contribution in [3.05, 3.63) is 54.4 Å². The first-order valence-corrected chi connectivity index (χ1v) is 6.29. The van der Waals surface area contributed by atoms with Crippen molar-refractivity contribution in [3.63, 3.8) is 0 Å². The molecule has 0 aliphatic rings. The van der Waals surface area contributed by atoms with E-state index in [0.717, 1.165) is 17.8 Å². The Bertz CT molecular complexity index is 547. The monoisotopic (exact) mass is 256 g/mol. The van der Waals surface area contributed by atoms with Gasteiger partial charge in [0.05, 0.1) is 5.69 Å². The van der Waals surface area contributed by atoms with E-state index in [4.69, 9.17) is 0 Å². The van der Waals surface area contributed by atoms with Gasteiger partial charge in [0.2, 0.25) is 0 Å². The summed E-state index contributed by atoms with van der Waals surface area (Å²) in [6.07, 6.45) is 4.75. The van der Waals surface area contributed by atoms with Crippen LogP contribution in [0.3, 0.4) is 0 Å². The highest BCUT2D eigenvalue weighted by molar-refractivity contribution is 5.99. The van der Waals surface area contributed by atoms with Gasteiger partial charge in [0.25, 0.3) is 0 Å². The molecule has 0 saturated carbocycles. The first kappa shape index (κ1) is 13.1. The van der Waals surface area contributed by atoms with E-state index < -0.39 is 0 Å². The van der Waals surface area contributed by atoms with Crippen LogP contribution in [0.1, 0.15) is 12.5 Å². The lowest BCUT2D eigenvalue weighted by Crippen LogP contribution is -2.26. The summed E-state index contributed by atoms with van der Waals surface area (Å²) in [6.45, 7) is 2.10. The second-order valence-corrected chi connectivity index (χ2v) is 4.38. The summed E-state index contributed by atoms with van der Waals surface area (Å²) >= 11 is 0. The van der Waals surface area contributed by atoms with Gasteiger partial charge < -0.3 is 10.6 Å². The van der Waals surface area contributed by atoms with Crippen LogP contribution in [-0.4, -0.2) is 6.03 Å². The predicted molar refractivity (Wildman–Crippen MR) is 76.1 cm³/mol. The third-order valence-corrected chi connectivity index (χ3v) is 2.86. The van der Waals surface area contributed by atoms with Crippen molar-refractivity contribution in [1.82, 2.24) is 0 Å². The summed E-state index contributed by atoms with van der Waals surface area (Å²) in [6, 6.07) is 11.3. The molecule has 1 aromatic carbocycles. The number of aryl methyl sites for hydroxylation is 2. The van der Waals surface area contributed by atoms with Gasteiger partial charge in [0.1, 0.15) is 7.05 Å². The number of nitrogens with zero attached hydrogens (tertiary/aromatic N) is 1. The van der Waals surface area contributed by atoms with E-state index >= 15 is 0 Å². The fourth-order valence-electron chi connectivity index (χ4n) is 1.70. The molecule has 0 fully saturated rings. The molecular formula is C15H18N3O+. The highest BCUT2D eigenvalue weighted by Gasteiger charge is 2.03. The first-order valence-electron chi connectivity index (χ1n) is 6.29. The molecule has 0 unspecified atom stereocenters. The standard InChI is InChI=1S/C15H17N3O/c1-3-12-4-6-13(7-5-12)16-15(19)17-14-8-10-18(2)11-9-14/h4-11H,3H2,1-2H3,(H,16,19)/p+1. The van der Waals surface area contributed by atoms with Gasteiger partial charge in [-0.1, -0.05) is 19.1 Å². The van der Waals surface area contributed by atoms with Gasteiger partial charge in [0, 0.05) is 17.8 Å². The molecule has 0 bridgehead atoms. The van der Waals surface area contributed by atoms with Crippen LogP contribution in [0.15, 0.2) is 48.8 Å². The smallest absolute Gasteiger partial charge is 0.308 e. The zero-order chi connectivity index (χ0) is 13.7. The highest BCUT2D eigenvalue weighted by Crippen LogP contribution is 2.11. The van der Waals surface area contributed by atoms with Gasteiger partial charge in [-0.3, -0.25) is 0 Å². The number of urea groups is 1. The van der Waals surface area contributed by atoms with Gasteiger partial charge in [-0.15, -0.1) is 0 Å². The van der Waals surface area contributed by atoms with Crippen LogP contribution in [-0.2, 0) is 13.5 Å². The van der Waals surface area contributed by atoms with Crippen LogP contribution in [0.5, 0.6) is 0 Å². The number of hydrogen-bond donors (Lipinski definition) is 2. The van der Waals surface area contributed by atoms with E-state index in [2.05, 4.69) is 17.6 Å². The molecule has 2 N–H and O–H groups in total. The van der Waals surface area contributed by atoms with Crippen LogP contribution < -0.4 is 15.2 Å². The van der Waals surface area contributed by atoms with Crippen LogP contribution >= 0.6 is 0 Å². The summed E-state index contributed by atoms with van der Waals surface area (Å²) in [5.41, 5.74) is 2.80. The number of amides is 2. The molecule has 2 aromatic rings. The van der Waals surface area contributed by atoms with Gasteiger partial charge in [-0.05, 0) is 24.1 Å². The molecule has 2 amide bonds. The summed E-state index contributed by atoms with van der Waals surface area (Å²) in [5, 5.41) is 5.58. The first-order chi connectivity index (χ1) is 9.17. The molecule has 1 heterocycles. The molecule has 0 radical (unpaired) electrons. The number of carbonyl (C=O) groups excluding carboxylic acids is 1. The normalized spacial score (nSPS) is 10.0. The number of carbonyl (C=O) groups is 1. The van der Waals surface area contributed by atoms with Crippen molar-refractivity contribution in [2.24, 2.45) is 7.05 Å². The lowest BCUT2D eigenvalue weighted by molar-refractivity contribution is -0.671. The van der Waals surface area contributed by atoms with E-state index in [1.165, 1.54) is 5.56 Å². The summed E-state index contributed by atoms with van der Waals surface area (Å²) in [5.74, 6) is 0. The Kier molecular flexibility index (Phi) is 4.13. The van der Waals surface area contributed by atoms with Crippen molar-refractivity contribution >= 4 is 17.4 Å². The third-order valence-electron chi connectivity index (χ3n) is 2.86. The summed E-state index contributed by atoms with van der Waals surface area (Å²) < 4.78 is 1.91. The maximum absolute atomic E-state index is 11.8. The zero-order valence-electron chi connectivity index (χ0n) is 11.2. The predicted octanol–water partition coefficient (Wildman–Crippen LogP) is 2.72. The lowest BCUT2D eigenvalue weighted by Gasteiger charge is -2.07. The molecular weight excluding hydrogens is 238 g/mol. The minimum atomic E-state index is -0.238. The number of benzene rings is 1. The molecule has 0 spiro atoms. The average Bonchev–Trinajstić information content (AvgIpc) is 2.42. The van der Waals surface area contributed by atoms with Gasteiger partial charge in [-0.25, -0.2) is 9.36 Å². The van der Waals surface area contributed by atoms with Gasteiger partial charge in [-0.2, -0.15) is 0 Å². The molecule has 0 saturated heterocycles. The molecule has 2 rings (SSSR count). The van der Waals surface area contributed by atoms with Crippen molar-refractivity contribution < 1.29 is 9.36 Å². The fraction of sp³-hybridized carbons (Fsp3) is 0.200. The number of pyridine rings is 1. The maximum atomic E-state index is 11.8. The number of nitrogens with one attached hydrogen (secondary N) is 2. The molecule has 0 atom stereocenters. The van der Waals surface area contributed by atoms with Crippen LogP contribution in [0.4, 0.5) is 16.2 Å². The molecule has 19 heavy (non-hydrogen) atoms. The van der Waals surface area contributed by atoms with E-state index in [-0.39, 0.29) is 6.03 Å². The Morgan fingerprint density at radius 1 is 1.00 bits per heavy atom. The number of aromatic nitrogens is 1. The molecule has 4 heteroatoms. The van der Waals surface area contributed by atoms with E-state index in [9.17, 15) is 4.79 Å². The van der Waals surface area contributed by atoms with Crippen molar-refractivity contribution in [3.8, 4) is 0 Å². The molecule has 1 aromatic heterocycles. The minimum absolute atomic E-state index is 0.238. The Morgan fingerprint density at radius 3 is 2.05 bits per heavy atom. The van der Waals surface area contributed by atoms with E-state index in [0.29, 0.717) is 0 Å². The van der Waals surface area contributed by atoms with Crippen molar-refractivity contribution in [2.75, 3.05) is 10.6 Å². The lowest BCUT2D eigenvalue weighted by atomic mass is 10.1. The highest BCUT2D eigenvalue weighted by atomic mass is 16.2. The van der Waals surface area contributed by atoms with Crippen LogP contribution in [0.2, 0.25) is 0 Å². The SMILES string of the molecule is CCc1ccc(NC(=O)Nc2cc[n+](C)cc2)cc1. The van der Waals surface area contributed by atoms with Crippen molar-refractivity contribution in [1.29, 1.82) is 0 Å². The number of anilines is 2. The molecule has 4 nitrogen and oxygen atoms in total. The minimum Gasteiger partial charge on any atom is -0.308 e. The zero-order valence-corrected chi connectivity index (χ0v) is 11.2. The molecule has 0 aliphatic carbocycles. The average molecular weight is 256 g/mol. The Labute approximate surface area is 113 Å². The maximum Gasteiger partial charge on any atom is 0.323 e.